The van der Waals surface area contributed by atoms with E-state index in [4.69, 9.17) is 0 Å². The third-order valence-electron chi connectivity index (χ3n) is 3.97. The van der Waals surface area contributed by atoms with Crippen LogP contribution in [0.5, 0.6) is 0 Å². The van der Waals surface area contributed by atoms with Crippen LogP contribution in [-0.4, -0.2) is 40.8 Å². The summed E-state index contributed by atoms with van der Waals surface area (Å²) in [5.41, 5.74) is 0.340. The Kier molecular flexibility index (Phi) is 7.84. The minimum Gasteiger partial charge on any atom is -0.469 e. The minimum atomic E-state index is -0.405. The molecule has 0 radical (unpaired) electrons. The van der Waals surface area contributed by atoms with Crippen molar-refractivity contribution in [2.45, 2.75) is 38.4 Å². The maximum atomic E-state index is 12.8. The second-order valence-electron chi connectivity index (χ2n) is 6.52. The van der Waals surface area contributed by atoms with Crippen LogP contribution in [0.4, 0.5) is 0 Å². The molecule has 146 valence electrons. The molecule has 27 heavy (non-hydrogen) atoms. The Labute approximate surface area is 162 Å². The number of para-hydroxylation sites is 1. The van der Waals surface area contributed by atoms with Crippen LogP contribution in [0.1, 0.15) is 26.7 Å². The lowest BCUT2D eigenvalue weighted by atomic mass is 10.1. The predicted octanol–water partition coefficient (Wildman–Crippen LogP) is 2.21. The Balaban J connectivity index is 2.18. The molecule has 1 N–H and O–H groups in total. The van der Waals surface area contributed by atoms with Crippen molar-refractivity contribution in [1.29, 1.82) is 0 Å². The zero-order valence-corrected chi connectivity index (χ0v) is 16.7. The van der Waals surface area contributed by atoms with Gasteiger partial charge in [0.2, 0.25) is 5.91 Å². The van der Waals surface area contributed by atoms with Crippen LogP contribution in [0, 0.1) is 5.92 Å². The predicted molar refractivity (Wildman–Crippen MR) is 106 cm³/mol. The van der Waals surface area contributed by atoms with Gasteiger partial charge in [0.05, 0.1) is 30.2 Å². The minimum absolute atomic E-state index is 0.0601. The zero-order valence-electron chi connectivity index (χ0n) is 15.9. The third-order valence-corrected chi connectivity index (χ3v) is 4.95. The summed E-state index contributed by atoms with van der Waals surface area (Å²) < 4.78 is 6.09. The first-order chi connectivity index (χ1) is 12.9. The quantitative estimate of drug-likeness (QED) is 0.400. The van der Waals surface area contributed by atoms with Crippen molar-refractivity contribution in [1.82, 2.24) is 14.9 Å². The number of nitrogens with one attached hydrogen (secondary N) is 1. The van der Waals surface area contributed by atoms with Gasteiger partial charge in [0.25, 0.3) is 5.56 Å². The van der Waals surface area contributed by atoms with Gasteiger partial charge in [-0.25, -0.2) is 4.98 Å². The summed E-state index contributed by atoms with van der Waals surface area (Å²) in [5.74, 6) is 0.157. The molecule has 0 spiro atoms. The van der Waals surface area contributed by atoms with E-state index in [0.717, 1.165) is 6.42 Å². The Morgan fingerprint density at radius 2 is 2.04 bits per heavy atom. The molecule has 8 heteroatoms. The molecule has 0 unspecified atom stereocenters. The number of rotatable bonds is 9. The molecular formula is C19H25N3O4S. The average molecular weight is 391 g/mol. The summed E-state index contributed by atoms with van der Waals surface area (Å²) in [4.78, 5) is 40.8. The number of ether oxygens (including phenoxy) is 1. The van der Waals surface area contributed by atoms with Crippen LogP contribution in [-0.2, 0) is 20.9 Å². The van der Waals surface area contributed by atoms with E-state index >= 15 is 0 Å². The molecule has 2 aromatic rings. The highest BCUT2D eigenvalue weighted by Gasteiger charge is 2.14. The van der Waals surface area contributed by atoms with Gasteiger partial charge < -0.3 is 10.1 Å². The Morgan fingerprint density at radius 1 is 1.30 bits per heavy atom. The van der Waals surface area contributed by atoms with Crippen LogP contribution in [0.2, 0.25) is 0 Å². The molecule has 1 aromatic carbocycles. The Hall–Kier alpha value is -2.35. The Morgan fingerprint density at radius 3 is 2.74 bits per heavy atom. The fourth-order valence-electron chi connectivity index (χ4n) is 2.44. The average Bonchev–Trinajstić information content (AvgIpc) is 2.65. The van der Waals surface area contributed by atoms with Gasteiger partial charge in [-0.3, -0.25) is 19.0 Å². The fourth-order valence-corrected chi connectivity index (χ4v) is 3.30. The highest BCUT2D eigenvalue weighted by atomic mass is 32.2. The summed E-state index contributed by atoms with van der Waals surface area (Å²) >= 11 is 1.19. The van der Waals surface area contributed by atoms with Crippen molar-refractivity contribution < 1.29 is 14.3 Å². The highest BCUT2D eigenvalue weighted by molar-refractivity contribution is 7.99. The number of nitrogens with zero attached hydrogens (tertiary/aromatic N) is 2. The first-order valence-electron chi connectivity index (χ1n) is 8.88. The molecule has 0 bridgehead atoms. The number of benzene rings is 1. The SMILES string of the molecule is COC(=O)CCn1c(SCC(=O)NCCC(C)C)nc2ccccc2c1=O. The van der Waals surface area contributed by atoms with E-state index in [1.54, 1.807) is 24.3 Å². The molecule has 0 aliphatic carbocycles. The number of thioether (sulfide) groups is 1. The highest BCUT2D eigenvalue weighted by Crippen LogP contribution is 2.18. The summed E-state index contributed by atoms with van der Waals surface area (Å²) in [5, 5.41) is 3.76. The molecule has 2 rings (SSSR count). The number of hydrogen-bond donors (Lipinski definition) is 1. The van der Waals surface area contributed by atoms with E-state index in [9.17, 15) is 14.4 Å². The van der Waals surface area contributed by atoms with Crippen LogP contribution in [0.15, 0.2) is 34.2 Å². The molecule has 1 aromatic heterocycles. The van der Waals surface area contributed by atoms with Crippen molar-refractivity contribution in [3.8, 4) is 0 Å². The Bertz CT molecular complexity index is 864. The molecule has 1 heterocycles. The topological polar surface area (TPSA) is 90.3 Å². The van der Waals surface area contributed by atoms with Gasteiger partial charge in [-0.2, -0.15) is 0 Å². The van der Waals surface area contributed by atoms with E-state index in [-0.39, 0.29) is 30.2 Å². The molecule has 0 aliphatic heterocycles. The molecule has 0 aliphatic rings. The van der Waals surface area contributed by atoms with E-state index in [0.29, 0.717) is 28.5 Å². The fraction of sp³-hybridized carbons (Fsp3) is 0.474. The lowest BCUT2D eigenvalue weighted by Crippen LogP contribution is -2.28. The number of methoxy groups -OCH3 is 1. The zero-order chi connectivity index (χ0) is 19.8. The second kappa shape index (κ2) is 10.1. The number of carbonyl (C=O) groups is 2. The summed E-state index contributed by atoms with van der Waals surface area (Å²) in [6, 6.07) is 7.03. The molecule has 0 saturated carbocycles. The summed E-state index contributed by atoms with van der Waals surface area (Å²) in [6.45, 7) is 4.97. The van der Waals surface area contributed by atoms with Gasteiger partial charge in [-0.05, 0) is 24.5 Å². The van der Waals surface area contributed by atoms with Crippen LogP contribution in [0.25, 0.3) is 10.9 Å². The number of carbonyl (C=O) groups excluding carboxylic acids is 2. The van der Waals surface area contributed by atoms with Crippen LogP contribution < -0.4 is 10.9 Å². The van der Waals surface area contributed by atoms with Crippen LogP contribution in [0.3, 0.4) is 0 Å². The van der Waals surface area contributed by atoms with Crippen molar-refractivity contribution in [2.24, 2.45) is 5.92 Å². The normalized spacial score (nSPS) is 11.0. The van der Waals surface area contributed by atoms with Gasteiger partial charge >= 0.3 is 5.97 Å². The standard InChI is InChI=1S/C19H25N3O4S/c1-13(2)8-10-20-16(23)12-27-19-21-15-7-5-4-6-14(15)18(25)22(19)11-9-17(24)26-3/h4-7,13H,8-12H2,1-3H3,(H,20,23). The van der Waals surface area contributed by atoms with Crippen molar-refractivity contribution in [3.05, 3.63) is 34.6 Å². The first-order valence-corrected chi connectivity index (χ1v) is 9.86. The van der Waals surface area contributed by atoms with E-state index in [2.05, 4.69) is 28.9 Å². The lowest BCUT2D eigenvalue weighted by molar-refractivity contribution is -0.140. The molecular weight excluding hydrogens is 366 g/mol. The monoisotopic (exact) mass is 391 g/mol. The van der Waals surface area contributed by atoms with Gasteiger partial charge in [0, 0.05) is 13.1 Å². The van der Waals surface area contributed by atoms with Gasteiger partial charge in [-0.15, -0.1) is 0 Å². The first kappa shape index (κ1) is 21.0. The van der Waals surface area contributed by atoms with Gasteiger partial charge in [0.1, 0.15) is 0 Å². The smallest absolute Gasteiger partial charge is 0.307 e. The van der Waals surface area contributed by atoms with Crippen LogP contribution >= 0.6 is 11.8 Å². The largest absolute Gasteiger partial charge is 0.469 e. The van der Waals surface area contributed by atoms with E-state index < -0.39 is 5.97 Å². The number of hydrogen-bond acceptors (Lipinski definition) is 6. The number of esters is 1. The maximum absolute atomic E-state index is 12.8. The van der Waals surface area contributed by atoms with Crippen molar-refractivity contribution in [2.75, 3.05) is 19.4 Å². The number of fused-ring (bicyclic) bond motifs is 1. The van der Waals surface area contributed by atoms with E-state index in [1.807, 2.05) is 0 Å². The van der Waals surface area contributed by atoms with Gasteiger partial charge in [0.15, 0.2) is 5.16 Å². The molecule has 1 amide bonds. The molecule has 0 saturated heterocycles. The van der Waals surface area contributed by atoms with Crippen molar-refractivity contribution >= 4 is 34.5 Å². The van der Waals surface area contributed by atoms with Gasteiger partial charge in [-0.1, -0.05) is 37.7 Å². The summed E-state index contributed by atoms with van der Waals surface area (Å²) in [7, 11) is 1.31. The summed E-state index contributed by atoms with van der Waals surface area (Å²) in [6.07, 6.45) is 0.971. The number of aromatic nitrogens is 2. The second-order valence-corrected chi connectivity index (χ2v) is 7.46. The van der Waals surface area contributed by atoms with E-state index in [1.165, 1.54) is 23.4 Å². The molecule has 7 nitrogen and oxygen atoms in total. The lowest BCUT2D eigenvalue weighted by Gasteiger charge is -2.13. The molecule has 0 atom stereocenters. The number of amides is 1. The third kappa shape index (κ3) is 6.09. The molecule has 0 fully saturated rings. The maximum Gasteiger partial charge on any atom is 0.307 e. The van der Waals surface area contributed by atoms with Crippen molar-refractivity contribution in [3.63, 3.8) is 0 Å².